The normalized spacial score (nSPS) is 26.7. The van der Waals surface area contributed by atoms with Crippen LogP contribution in [0.1, 0.15) is 6.42 Å². The van der Waals surface area contributed by atoms with Crippen LogP contribution in [-0.2, 0) is 4.79 Å². The van der Waals surface area contributed by atoms with E-state index >= 15 is 0 Å². The number of rotatable bonds is 4. The number of hydrogen-bond acceptors (Lipinski definition) is 5. The molecule has 4 atom stereocenters. The van der Waals surface area contributed by atoms with Crippen LogP contribution in [0.2, 0.25) is 0 Å². The summed E-state index contributed by atoms with van der Waals surface area (Å²) >= 11 is 3.56. The van der Waals surface area contributed by atoms with Gasteiger partial charge in [-0.05, 0) is 40.3 Å². The van der Waals surface area contributed by atoms with Crippen molar-refractivity contribution in [2.75, 3.05) is 5.32 Å². The van der Waals surface area contributed by atoms with E-state index in [1.807, 2.05) is 6.07 Å². The highest BCUT2D eigenvalue weighted by Crippen LogP contribution is 2.46. The number of nitrogens with one attached hydrogen (secondary N) is 2. The molecule has 2 aliphatic carbocycles. The number of imidazole rings is 1. The molecule has 0 aromatic carbocycles. The highest BCUT2D eigenvalue weighted by molar-refractivity contribution is 9.10. The Morgan fingerprint density at radius 3 is 3.00 bits per heavy atom. The zero-order chi connectivity index (χ0) is 17.8. The maximum absolute atomic E-state index is 12.0. The minimum atomic E-state index is -0.262. The number of halogens is 1. The molecule has 0 spiro atoms. The molecule has 2 bridgehead atoms. The van der Waals surface area contributed by atoms with Gasteiger partial charge in [0.05, 0.1) is 27.9 Å². The number of anilines is 1. The van der Waals surface area contributed by atoms with Crippen LogP contribution in [0.3, 0.4) is 0 Å². The van der Waals surface area contributed by atoms with E-state index in [9.17, 15) is 4.79 Å². The molecule has 0 aliphatic heterocycles. The monoisotopic (exact) mass is 413 g/mol. The third-order valence-electron chi connectivity index (χ3n) is 5.36. The van der Waals surface area contributed by atoms with E-state index in [2.05, 4.69) is 48.4 Å². The van der Waals surface area contributed by atoms with Gasteiger partial charge >= 0.3 is 0 Å². The summed E-state index contributed by atoms with van der Waals surface area (Å²) in [6.45, 7) is 0. The molecule has 26 heavy (non-hydrogen) atoms. The molecule has 132 valence electrons. The largest absolute Gasteiger partial charge is 0.472 e. The lowest BCUT2D eigenvalue weighted by atomic mass is 9.88. The fourth-order valence-corrected chi connectivity index (χ4v) is 4.58. The lowest BCUT2D eigenvalue weighted by molar-refractivity contribution is -0.122. The number of aromatic nitrogens is 3. The molecular weight excluding hydrogens is 398 g/mol. The summed E-state index contributed by atoms with van der Waals surface area (Å²) < 4.78 is 5.93. The second kappa shape index (κ2) is 5.70. The van der Waals surface area contributed by atoms with E-state index in [1.165, 1.54) is 0 Å². The summed E-state index contributed by atoms with van der Waals surface area (Å²) in [4.78, 5) is 24.3. The molecular formula is C18H16BrN5O2. The van der Waals surface area contributed by atoms with Crippen molar-refractivity contribution in [2.45, 2.75) is 12.5 Å². The zero-order valence-corrected chi connectivity index (χ0v) is 15.2. The van der Waals surface area contributed by atoms with Crippen LogP contribution >= 0.6 is 15.9 Å². The molecule has 1 fully saturated rings. The molecule has 0 radical (unpaired) electrons. The van der Waals surface area contributed by atoms with Gasteiger partial charge in [0.15, 0.2) is 5.65 Å². The lowest BCUT2D eigenvalue weighted by Gasteiger charge is -2.28. The standard InChI is InChI=1S/C18H16BrN5O2/c19-11-6-21-18-15(23-17(24-18)10-3-4-26-7-10)14(11)22-13-9-2-1-8(5-9)12(13)16(20)25/h1-4,6-9,12-13H,5H2,(H2,20,25)(H2,21,22,23,24)/t8-,9+,12+,13-/m1/s1. The van der Waals surface area contributed by atoms with Gasteiger partial charge in [0.25, 0.3) is 0 Å². The molecule has 1 amide bonds. The van der Waals surface area contributed by atoms with Gasteiger partial charge < -0.3 is 20.5 Å². The quantitative estimate of drug-likeness (QED) is 0.569. The van der Waals surface area contributed by atoms with Gasteiger partial charge in [0.1, 0.15) is 17.6 Å². The predicted octanol–water partition coefficient (Wildman–Crippen LogP) is 3.07. The Labute approximate surface area is 157 Å². The Hall–Kier alpha value is -2.61. The van der Waals surface area contributed by atoms with Gasteiger partial charge in [-0.1, -0.05) is 12.2 Å². The Kier molecular flexibility index (Phi) is 3.43. The maximum Gasteiger partial charge on any atom is 0.223 e. The van der Waals surface area contributed by atoms with E-state index in [0.29, 0.717) is 22.9 Å². The number of H-pyrrole nitrogens is 1. The lowest BCUT2D eigenvalue weighted by Crippen LogP contribution is -2.41. The summed E-state index contributed by atoms with van der Waals surface area (Å²) in [6, 6.07) is 1.79. The molecule has 3 aromatic rings. The summed E-state index contributed by atoms with van der Waals surface area (Å²) in [6.07, 6.45) is 10.2. The van der Waals surface area contributed by atoms with Crippen molar-refractivity contribution >= 4 is 38.7 Å². The smallest absolute Gasteiger partial charge is 0.223 e. The number of pyridine rings is 1. The summed E-state index contributed by atoms with van der Waals surface area (Å²) in [5, 5.41) is 3.53. The van der Waals surface area contributed by atoms with E-state index in [-0.39, 0.29) is 23.8 Å². The molecule has 1 saturated carbocycles. The van der Waals surface area contributed by atoms with Gasteiger partial charge in [-0.25, -0.2) is 9.97 Å². The summed E-state index contributed by atoms with van der Waals surface area (Å²) in [7, 11) is 0. The van der Waals surface area contributed by atoms with Crippen molar-refractivity contribution in [3.05, 3.63) is 41.4 Å². The molecule has 7 nitrogen and oxygen atoms in total. The number of amides is 1. The first-order valence-corrected chi connectivity index (χ1v) is 9.22. The second-order valence-corrected chi connectivity index (χ2v) is 7.68. The highest BCUT2D eigenvalue weighted by atomic mass is 79.9. The number of furan rings is 1. The molecule has 0 unspecified atom stereocenters. The Morgan fingerprint density at radius 1 is 1.38 bits per heavy atom. The Balaban J connectivity index is 1.57. The first-order chi connectivity index (χ1) is 12.6. The first-order valence-electron chi connectivity index (χ1n) is 8.43. The van der Waals surface area contributed by atoms with Crippen LogP contribution in [0.4, 0.5) is 5.69 Å². The summed E-state index contributed by atoms with van der Waals surface area (Å²) in [5.41, 5.74) is 8.73. The fourth-order valence-electron chi connectivity index (χ4n) is 4.18. The van der Waals surface area contributed by atoms with Crippen LogP contribution in [0, 0.1) is 17.8 Å². The van der Waals surface area contributed by atoms with Gasteiger partial charge in [-0.15, -0.1) is 0 Å². The molecule has 2 aliphatic rings. The van der Waals surface area contributed by atoms with Crippen molar-refractivity contribution in [1.29, 1.82) is 0 Å². The van der Waals surface area contributed by atoms with Gasteiger partial charge in [-0.2, -0.15) is 0 Å². The number of carbonyl (C=O) groups excluding carboxylic acids is 1. The third kappa shape index (κ3) is 2.28. The van der Waals surface area contributed by atoms with Crippen molar-refractivity contribution in [1.82, 2.24) is 15.0 Å². The maximum atomic E-state index is 12.0. The predicted molar refractivity (Wildman–Crippen MR) is 100 cm³/mol. The average molecular weight is 414 g/mol. The van der Waals surface area contributed by atoms with E-state index in [4.69, 9.17) is 10.2 Å². The average Bonchev–Trinajstić information content (AvgIpc) is 3.39. The minimum Gasteiger partial charge on any atom is -0.472 e. The van der Waals surface area contributed by atoms with Crippen LogP contribution in [0.5, 0.6) is 0 Å². The second-order valence-electron chi connectivity index (χ2n) is 6.82. The summed E-state index contributed by atoms with van der Waals surface area (Å²) in [5.74, 6) is 0.711. The van der Waals surface area contributed by atoms with Crippen molar-refractivity contribution in [3.8, 4) is 11.4 Å². The van der Waals surface area contributed by atoms with E-state index in [1.54, 1.807) is 18.7 Å². The number of hydrogen-bond donors (Lipinski definition) is 3. The van der Waals surface area contributed by atoms with Gasteiger partial charge in [0.2, 0.25) is 5.91 Å². The third-order valence-corrected chi connectivity index (χ3v) is 5.96. The zero-order valence-electron chi connectivity index (χ0n) is 13.6. The van der Waals surface area contributed by atoms with Crippen LogP contribution < -0.4 is 11.1 Å². The minimum absolute atomic E-state index is 0.0431. The van der Waals surface area contributed by atoms with Crippen molar-refractivity contribution < 1.29 is 9.21 Å². The number of fused-ring (bicyclic) bond motifs is 3. The first kappa shape index (κ1) is 15.6. The van der Waals surface area contributed by atoms with Crippen LogP contribution in [0.15, 0.2) is 45.8 Å². The SMILES string of the molecule is NC(=O)[C@@H]1[C@H](Nc2c(Br)cnc3[nH]c(-c4ccoc4)nc23)[C@H]2C=C[C@@H]1C2. The fraction of sp³-hybridized carbons (Fsp3) is 0.278. The molecule has 3 aromatic heterocycles. The Morgan fingerprint density at radius 2 is 2.23 bits per heavy atom. The van der Waals surface area contributed by atoms with Crippen LogP contribution in [0.25, 0.3) is 22.6 Å². The van der Waals surface area contributed by atoms with Crippen molar-refractivity contribution in [2.24, 2.45) is 23.5 Å². The van der Waals surface area contributed by atoms with Crippen molar-refractivity contribution in [3.63, 3.8) is 0 Å². The number of nitrogens with zero attached hydrogens (tertiary/aromatic N) is 2. The highest BCUT2D eigenvalue weighted by Gasteiger charge is 2.47. The van der Waals surface area contributed by atoms with Gasteiger partial charge in [0, 0.05) is 12.2 Å². The number of nitrogens with two attached hydrogens (primary N) is 1. The molecule has 0 saturated heterocycles. The van der Waals surface area contributed by atoms with E-state index in [0.717, 1.165) is 22.1 Å². The number of aromatic amines is 1. The molecule has 3 heterocycles. The topological polar surface area (TPSA) is 110 Å². The van der Waals surface area contributed by atoms with E-state index < -0.39 is 0 Å². The van der Waals surface area contributed by atoms with Gasteiger partial charge in [-0.3, -0.25) is 4.79 Å². The molecule has 4 N–H and O–H groups in total. The number of primary amides is 1. The number of carbonyl (C=O) groups is 1. The van der Waals surface area contributed by atoms with Crippen LogP contribution in [-0.4, -0.2) is 26.9 Å². The molecule has 5 rings (SSSR count). The number of allylic oxidation sites excluding steroid dienone is 1. The molecule has 8 heteroatoms. The Bertz CT molecular complexity index is 1030.